The molecule has 1 heterocycles. The molecule has 0 saturated carbocycles. The van der Waals surface area contributed by atoms with Crippen LogP contribution in [0.1, 0.15) is 21.6 Å². The Balaban J connectivity index is 2.35. The minimum absolute atomic E-state index is 0.167. The van der Waals surface area contributed by atoms with Crippen LogP contribution in [-0.4, -0.2) is 10.9 Å². The van der Waals surface area contributed by atoms with Crippen LogP contribution in [0.5, 0.6) is 0 Å². The van der Waals surface area contributed by atoms with Crippen LogP contribution in [0.25, 0.3) is 0 Å². The van der Waals surface area contributed by atoms with Crippen molar-refractivity contribution in [2.75, 3.05) is 11.1 Å². The van der Waals surface area contributed by atoms with Crippen molar-refractivity contribution in [2.24, 2.45) is 0 Å². The second kappa shape index (κ2) is 5.24. The largest absolute Gasteiger partial charge is 0.384 e. The number of anilines is 2. The standard InChI is InChI=1S/C14H13F2N3O/c1-7-3-4-10(15)13(12(7)16)19-14(20)9-5-8(2)18-11(17)6-9/h3-6H,1-2H3,(H2,17,18)(H,19,20). The molecule has 0 spiro atoms. The van der Waals surface area contributed by atoms with Gasteiger partial charge in [0, 0.05) is 11.3 Å². The van der Waals surface area contributed by atoms with E-state index in [1.54, 1.807) is 6.92 Å². The summed E-state index contributed by atoms with van der Waals surface area (Å²) in [6.07, 6.45) is 0. The van der Waals surface area contributed by atoms with Crippen LogP contribution in [0.15, 0.2) is 24.3 Å². The second-order valence-electron chi connectivity index (χ2n) is 4.43. The summed E-state index contributed by atoms with van der Waals surface area (Å²) in [5.41, 5.74) is 6.04. The predicted molar refractivity (Wildman–Crippen MR) is 72.4 cm³/mol. The van der Waals surface area contributed by atoms with Crippen molar-refractivity contribution in [2.45, 2.75) is 13.8 Å². The maximum absolute atomic E-state index is 13.8. The first-order valence-electron chi connectivity index (χ1n) is 5.88. The molecular formula is C14H13F2N3O. The number of amides is 1. The number of nitrogen functional groups attached to an aromatic ring is 1. The number of hydrogen-bond donors (Lipinski definition) is 2. The molecule has 0 aliphatic rings. The summed E-state index contributed by atoms with van der Waals surface area (Å²) in [4.78, 5) is 15.9. The third kappa shape index (κ3) is 2.74. The molecule has 0 aliphatic heterocycles. The highest BCUT2D eigenvalue weighted by atomic mass is 19.1. The number of benzene rings is 1. The Hall–Kier alpha value is -2.50. The zero-order valence-corrected chi connectivity index (χ0v) is 11.0. The molecule has 1 aromatic carbocycles. The molecule has 2 rings (SSSR count). The summed E-state index contributed by atoms with van der Waals surface area (Å²) >= 11 is 0. The van der Waals surface area contributed by atoms with E-state index in [4.69, 9.17) is 5.73 Å². The monoisotopic (exact) mass is 277 g/mol. The minimum atomic E-state index is -0.833. The molecule has 4 nitrogen and oxygen atoms in total. The first kappa shape index (κ1) is 13.9. The number of hydrogen-bond acceptors (Lipinski definition) is 3. The number of pyridine rings is 1. The van der Waals surface area contributed by atoms with E-state index >= 15 is 0 Å². The zero-order chi connectivity index (χ0) is 14.9. The topological polar surface area (TPSA) is 68.0 Å². The predicted octanol–water partition coefficient (Wildman–Crippen LogP) is 2.81. The number of aromatic nitrogens is 1. The Kier molecular flexibility index (Phi) is 3.65. The van der Waals surface area contributed by atoms with Crippen LogP contribution in [0.4, 0.5) is 20.3 Å². The summed E-state index contributed by atoms with van der Waals surface area (Å²) in [7, 11) is 0. The van der Waals surface area contributed by atoms with Gasteiger partial charge in [-0.2, -0.15) is 0 Å². The van der Waals surface area contributed by atoms with Gasteiger partial charge in [-0.25, -0.2) is 13.8 Å². The molecular weight excluding hydrogens is 264 g/mol. The molecule has 0 unspecified atom stereocenters. The van der Waals surface area contributed by atoms with E-state index < -0.39 is 23.2 Å². The van der Waals surface area contributed by atoms with Crippen molar-refractivity contribution >= 4 is 17.4 Å². The first-order valence-corrected chi connectivity index (χ1v) is 5.88. The van der Waals surface area contributed by atoms with Crippen molar-refractivity contribution in [1.82, 2.24) is 4.98 Å². The Morgan fingerprint density at radius 1 is 1.25 bits per heavy atom. The van der Waals surface area contributed by atoms with Gasteiger partial charge in [0.15, 0.2) is 5.82 Å². The van der Waals surface area contributed by atoms with Crippen LogP contribution < -0.4 is 11.1 Å². The van der Waals surface area contributed by atoms with Gasteiger partial charge in [-0.15, -0.1) is 0 Å². The fraction of sp³-hybridized carbons (Fsp3) is 0.143. The lowest BCUT2D eigenvalue weighted by Crippen LogP contribution is -2.15. The van der Waals surface area contributed by atoms with E-state index in [2.05, 4.69) is 10.3 Å². The molecule has 6 heteroatoms. The van der Waals surface area contributed by atoms with E-state index in [0.717, 1.165) is 6.07 Å². The summed E-state index contributed by atoms with van der Waals surface area (Å²) in [6.45, 7) is 3.15. The molecule has 104 valence electrons. The van der Waals surface area contributed by atoms with E-state index in [0.29, 0.717) is 5.69 Å². The number of aryl methyl sites for hydroxylation is 2. The Morgan fingerprint density at radius 2 is 1.95 bits per heavy atom. The SMILES string of the molecule is Cc1cc(C(=O)Nc2c(F)ccc(C)c2F)cc(N)n1. The Bertz CT molecular complexity index is 666. The van der Waals surface area contributed by atoms with Gasteiger partial charge in [0.25, 0.3) is 5.91 Å². The highest BCUT2D eigenvalue weighted by molar-refractivity contribution is 6.04. The van der Waals surface area contributed by atoms with Crippen LogP contribution in [0.2, 0.25) is 0 Å². The second-order valence-corrected chi connectivity index (χ2v) is 4.43. The molecule has 0 bridgehead atoms. The molecule has 0 saturated heterocycles. The summed E-state index contributed by atoms with van der Waals surface area (Å²) in [6, 6.07) is 5.22. The Labute approximate surface area is 114 Å². The summed E-state index contributed by atoms with van der Waals surface area (Å²) in [5.74, 6) is -2.11. The fourth-order valence-corrected chi connectivity index (χ4v) is 1.78. The van der Waals surface area contributed by atoms with Crippen molar-refractivity contribution in [3.8, 4) is 0 Å². The van der Waals surface area contributed by atoms with Crippen molar-refractivity contribution < 1.29 is 13.6 Å². The van der Waals surface area contributed by atoms with Crippen molar-refractivity contribution in [3.63, 3.8) is 0 Å². The van der Waals surface area contributed by atoms with Gasteiger partial charge >= 0.3 is 0 Å². The quantitative estimate of drug-likeness (QED) is 0.887. The fourth-order valence-electron chi connectivity index (χ4n) is 1.78. The lowest BCUT2D eigenvalue weighted by atomic mass is 10.1. The van der Waals surface area contributed by atoms with Gasteiger partial charge < -0.3 is 11.1 Å². The van der Waals surface area contributed by atoms with Gasteiger partial charge in [-0.05, 0) is 37.6 Å². The molecule has 0 aliphatic carbocycles. The van der Waals surface area contributed by atoms with E-state index in [-0.39, 0.29) is 16.9 Å². The molecule has 2 aromatic rings. The smallest absolute Gasteiger partial charge is 0.256 e. The van der Waals surface area contributed by atoms with Crippen LogP contribution in [-0.2, 0) is 0 Å². The third-order valence-corrected chi connectivity index (χ3v) is 2.76. The van der Waals surface area contributed by atoms with Gasteiger partial charge in [0.1, 0.15) is 17.3 Å². The van der Waals surface area contributed by atoms with Gasteiger partial charge in [-0.3, -0.25) is 4.79 Å². The molecule has 1 aromatic heterocycles. The number of halogens is 2. The maximum Gasteiger partial charge on any atom is 0.256 e. The van der Waals surface area contributed by atoms with E-state index in [1.807, 2.05) is 0 Å². The molecule has 0 atom stereocenters. The average Bonchev–Trinajstić information content (AvgIpc) is 2.38. The van der Waals surface area contributed by atoms with Crippen molar-refractivity contribution in [1.29, 1.82) is 0 Å². The highest BCUT2D eigenvalue weighted by Crippen LogP contribution is 2.22. The van der Waals surface area contributed by atoms with Gasteiger partial charge in [-0.1, -0.05) is 6.07 Å². The molecule has 3 N–H and O–H groups in total. The lowest BCUT2D eigenvalue weighted by Gasteiger charge is -2.10. The van der Waals surface area contributed by atoms with E-state index in [9.17, 15) is 13.6 Å². The lowest BCUT2D eigenvalue weighted by molar-refractivity contribution is 0.102. The number of nitrogens with one attached hydrogen (secondary N) is 1. The number of nitrogens with zero attached hydrogens (tertiary/aromatic N) is 1. The first-order chi connectivity index (χ1) is 9.38. The summed E-state index contributed by atoms with van der Waals surface area (Å²) < 4.78 is 27.4. The zero-order valence-electron chi connectivity index (χ0n) is 11.0. The van der Waals surface area contributed by atoms with Crippen molar-refractivity contribution in [3.05, 3.63) is 52.7 Å². The molecule has 0 fully saturated rings. The van der Waals surface area contributed by atoms with Gasteiger partial charge in [0.05, 0.1) is 0 Å². The molecule has 20 heavy (non-hydrogen) atoms. The van der Waals surface area contributed by atoms with Crippen LogP contribution in [0.3, 0.4) is 0 Å². The number of carbonyl (C=O) groups is 1. The molecule has 1 amide bonds. The number of nitrogens with two attached hydrogens (primary N) is 1. The normalized spacial score (nSPS) is 10.4. The van der Waals surface area contributed by atoms with Crippen LogP contribution >= 0.6 is 0 Å². The minimum Gasteiger partial charge on any atom is -0.384 e. The van der Waals surface area contributed by atoms with Crippen LogP contribution in [0, 0.1) is 25.5 Å². The van der Waals surface area contributed by atoms with Gasteiger partial charge in [0.2, 0.25) is 0 Å². The molecule has 0 radical (unpaired) electrons. The average molecular weight is 277 g/mol. The Morgan fingerprint density at radius 3 is 2.60 bits per heavy atom. The number of rotatable bonds is 2. The number of carbonyl (C=O) groups excluding carboxylic acids is 1. The highest BCUT2D eigenvalue weighted by Gasteiger charge is 2.16. The maximum atomic E-state index is 13.8. The third-order valence-electron chi connectivity index (χ3n) is 2.76. The summed E-state index contributed by atoms with van der Waals surface area (Å²) in [5, 5.41) is 2.22. The van der Waals surface area contributed by atoms with E-state index in [1.165, 1.54) is 25.1 Å².